The third-order valence-electron chi connectivity index (χ3n) is 3.66. The van der Waals surface area contributed by atoms with Crippen LogP contribution in [0.5, 0.6) is 0 Å². The first kappa shape index (κ1) is 12.3. The fourth-order valence-electron chi connectivity index (χ4n) is 2.58. The summed E-state index contributed by atoms with van der Waals surface area (Å²) in [6.07, 6.45) is 9.27. The number of carbonyl (C=O) groups is 1. The molecule has 0 atom stereocenters. The van der Waals surface area contributed by atoms with Crippen molar-refractivity contribution in [2.75, 3.05) is 0 Å². The summed E-state index contributed by atoms with van der Waals surface area (Å²) in [5.41, 5.74) is 2.15. The Balaban J connectivity index is 1.84. The fourth-order valence-corrected chi connectivity index (χ4v) is 2.58. The van der Waals surface area contributed by atoms with E-state index in [0.717, 1.165) is 18.5 Å². The molecule has 0 N–H and O–H groups in total. The molecule has 0 radical (unpaired) electrons. The monoisotopic (exact) mass is 231 g/mol. The van der Waals surface area contributed by atoms with Gasteiger partial charge in [0.05, 0.1) is 0 Å². The highest BCUT2D eigenvalue weighted by Crippen LogP contribution is 2.27. The SMILES string of the molecule is CCc1ccc(CC(=O)CC2CCCC2)nc1. The minimum Gasteiger partial charge on any atom is -0.299 e. The third kappa shape index (κ3) is 3.65. The second-order valence-corrected chi connectivity index (χ2v) is 5.08. The van der Waals surface area contributed by atoms with Crippen molar-refractivity contribution in [3.63, 3.8) is 0 Å². The van der Waals surface area contributed by atoms with Crippen LogP contribution < -0.4 is 0 Å². The molecule has 2 heteroatoms. The van der Waals surface area contributed by atoms with Gasteiger partial charge in [-0.25, -0.2) is 0 Å². The lowest BCUT2D eigenvalue weighted by Crippen LogP contribution is -2.09. The Morgan fingerprint density at radius 1 is 1.35 bits per heavy atom. The molecule has 2 nitrogen and oxygen atoms in total. The number of hydrogen-bond donors (Lipinski definition) is 0. The highest BCUT2D eigenvalue weighted by atomic mass is 16.1. The summed E-state index contributed by atoms with van der Waals surface area (Å²) in [7, 11) is 0. The van der Waals surface area contributed by atoms with Gasteiger partial charge in [0.1, 0.15) is 5.78 Å². The lowest BCUT2D eigenvalue weighted by Gasteiger charge is -2.07. The predicted molar refractivity (Wildman–Crippen MR) is 68.9 cm³/mol. The molecule has 17 heavy (non-hydrogen) atoms. The Kier molecular flexibility index (Phi) is 4.29. The van der Waals surface area contributed by atoms with Gasteiger partial charge in [0.25, 0.3) is 0 Å². The minimum absolute atomic E-state index is 0.355. The second-order valence-electron chi connectivity index (χ2n) is 5.08. The van der Waals surface area contributed by atoms with Gasteiger partial charge < -0.3 is 0 Å². The molecule has 0 aromatic carbocycles. The molecule has 0 aliphatic heterocycles. The smallest absolute Gasteiger partial charge is 0.139 e. The van der Waals surface area contributed by atoms with Crippen molar-refractivity contribution in [1.82, 2.24) is 4.98 Å². The van der Waals surface area contributed by atoms with E-state index in [1.165, 1.54) is 31.2 Å². The molecule has 1 aliphatic rings. The summed E-state index contributed by atoms with van der Waals surface area (Å²) in [5, 5.41) is 0. The van der Waals surface area contributed by atoms with Crippen molar-refractivity contribution in [2.45, 2.75) is 51.9 Å². The standard InChI is InChI=1S/C15H21NO/c1-2-12-7-8-14(16-11-12)10-15(17)9-13-5-3-4-6-13/h7-8,11,13H,2-6,9-10H2,1H3. The summed E-state index contributed by atoms with van der Waals surface area (Å²) in [5.74, 6) is 1.01. The Morgan fingerprint density at radius 2 is 2.12 bits per heavy atom. The Morgan fingerprint density at radius 3 is 2.71 bits per heavy atom. The van der Waals surface area contributed by atoms with Gasteiger partial charge in [-0.2, -0.15) is 0 Å². The summed E-state index contributed by atoms with van der Waals surface area (Å²) in [4.78, 5) is 16.2. The molecule has 1 saturated carbocycles. The maximum absolute atomic E-state index is 11.9. The quantitative estimate of drug-likeness (QED) is 0.778. The van der Waals surface area contributed by atoms with E-state index in [-0.39, 0.29) is 0 Å². The number of carbonyl (C=O) groups excluding carboxylic acids is 1. The van der Waals surface area contributed by atoms with E-state index in [9.17, 15) is 4.79 Å². The topological polar surface area (TPSA) is 30.0 Å². The Labute approximate surface area is 103 Å². The van der Waals surface area contributed by atoms with Crippen LogP contribution in [0.3, 0.4) is 0 Å². The highest BCUT2D eigenvalue weighted by molar-refractivity contribution is 5.80. The first-order valence-corrected chi connectivity index (χ1v) is 6.73. The fraction of sp³-hybridized carbons (Fsp3) is 0.600. The van der Waals surface area contributed by atoms with E-state index in [1.807, 2.05) is 12.3 Å². The van der Waals surface area contributed by atoms with E-state index in [2.05, 4.69) is 18.0 Å². The number of hydrogen-bond acceptors (Lipinski definition) is 2. The van der Waals surface area contributed by atoms with Gasteiger partial charge in [0.15, 0.2) is 0 Å². The first-order valence-electron chi connectivity index (χ1n) is 6.73. The molecule has 0 unspecified atom stereocenters. The van der Waals surface area contributed by atoms with Crippen molar-refractivity contribution in [3.05, 3.63) is 29.6 Å². The number of aryl methyl sites for hydroxylation is 1. The van der Waals surface area contributed by atoms with Crippen molar-refractivity contribution in [1.29, 1.82) is 0 Å². The van der Waals surface area contributed by atoms with Crippen LogP contribution in [0.2, 0.25) is 0 Å². The van der Waals surface area contributed by atoms with Crippen molar-refractivity contribution in [3.8, 4) is 0 Å². The number of nitrogens with zero attached hydrogens (tertiary/aromatic N) is 1. The third-order valence-corrected chi connectivity index (χ3v) is 3.66. The van der Waals surface area contributed by atoms with Gasteiger partial charge in [-0.15, -0.1) is 0 Å². The molecule has 92 valence electrons. The molecule has 0 saturated heterocycles. The molecule has 0 amide bonds. The van der Waals surface area contributed by atoms with Gasteiger partial charge >= 0.3 is 0 Å². The molecular formula is C15H21NO. The van der Waals surface area contributed by atoms with Crippen LogP contribution in [0.4, 0.5) is 0 Å². The average molecular weight is 231 g/mol. The minimum atomic E-state index is 0.355. The van der Waals surface area contributed by atoms with Gasteiger partial charge in [-0.05, 0) is 24.0 Å². The van der Waals surface area contributed by atoms with E-state index >= 15 is 0 Å². The van der Waals surface area contributed by atoms with E-state index < -0.39 is 0 Å². The molecule has 1 aromatic rings. The summed E-state index contributed by atoms with van der Waals surface area (Å²) < 4.78 is 0. The Hall–Kier alpha value is -1.18. The zero-order valence-corrected chi connectivity index (χ0v) is 10.6. The normalized spacial score (nSPS) is 16.3. The molecule has 1 aliphatic carbocycles. The van der Waals surface area contributed by atoms with Crippen LogP contribution in [-0.4, -0.2) is 10.8 Å². The van der Waals surface area contributed by atoms with Gasteiger partial charge in [0.2, 0.25) is 0 Å². The van der Waals surface area contributed by atoms with Gasteiger partial charge in [-0.1, -0.05) is 38.7 Å². The Bertz CT molecular complexity index is 363. The van der Waals surface area contributed by atoms with E-state index in [1.54, 1.807) is 0 Å². The molecule has 1 aromatic heterocycles. The molecule has 2 rings (SSSR count). The second kappa shape index (κ2) is 5.95. The molecule has 1 fully saturated rings. The van der Waals surface area contributed by atoms with Crippen molar-refractivity contribution in [2.24, 2.45) is 5.92 Å². The van der Waals surface area contributed by atoms with Crippen molar-refractivity contribution < 1.29 is 4.79 Å². The maximum Gasteiger partial charge on any atom is 0.139 e. The molecule has 0 spiro atoms. The van der Waals surface area contributed by atoms with Crippen LogP contribution in [0.25, 0.3) is 0 Å². The predicted octanol–water partition coefficient (Wildman–Crippen LogP) is 3.34. The average Bonchev–Trinajstić information content (AvgIpc) is 2.82. The number of ketones is 1. The largest absolute Gasteiger partial charge is 0.299 e. The van der Waals surface area contributed by atoms with Crippen LogP contribution in [0, 0.1) is 5.92 Å². The van der Waals surface area contributed by atoms with Gasteiger partial charge in [0, 0.05) is 24.7 Å². The molecule has 0 bridgehead atoms. The van der Waals surface area contributed by atoms with E-state index in [4.69, 9.17) is 0 Å². The van der Waals surface area contributed by atoms with E-state index in [0.29, 0.717) is 18.1 Å². The molecular weight excluding hydrogens is 210 g/mol. The maximum atomic E-state index is 11.9. The summed E-state index contributed by atoms with van der Waals surface area (Å²) in [6, 6.07) is 4.07. The highest BCUT2D eigenvalue weighted by Gasteiger charge is 2.18. The molecule has 1 heterocycles. The van der Waals surface area contributed by atoms with Crippen LogP contribution >= 0.6 is 0 Å². The zero-order chi connectivity index (χ0) is 12.1. The number of Topliss-reactive ketones (excluding diaryl/α,β-unsaturated/α-hetero) is 1. The zero-order valence-electron chi connectivity index (χ0n) is 10.6. The lowest BCUT2D eigenvalue weighted by molar-refractivity contribution is -0.119. The van der Waals surface area contributed by atoms with Crippen LogP contribution in [-0.2, 0) is 17.6 Å². The van der Waals surface area contributed by atoms with Gasteiger partial charge in [-0.3, -0.25) is 9.78 Å². The summed E-state index contributed by atoms with van der Waals surface area (Å²) >= 11 is 0. The number of pyridine rings is 1. The first-order chi connectivity index (χ1) is 8.28. The lowest BCUT2D eigenvalue weighted by atomic mass is 9.98. The number of rotatable bonds is 5. The van der Waals surface area contributed by atoms with Crippen LogP contribution in [0.1, 0.15) is 50.3 Å². The van der Waals surface area contributed by atoms with Crippen LogP contribution in [0.15, 0.2) is 18.3 Å². The number of aromatic nitrogens is 1. The van der Waals surface area contributed by atoms with Crippen molar-refractivity contribution >= 4 is 5.78 Å². The summed E-state index contributed by atoms with van der Waals surface area (Å²) in [6.45, 7) is 2.11.